The molecule has 1 aliphatic carbocycles. The summed E-state index contributed by atoms with van der Waals surface area (Å²) in [6, 6.07) is 0. The Balaban J connectivity index is 2.04. The summed E-state index contributed by atoms with van der Waals surface area (Å²) in [6.45, 7) is 3.87. The van der Waals surface area contributed by atoms with E-state index in [2.05, 4.69) is 17.1 Å². The summed E-state index contributed by atoms with van der Waals surface area (Å²) in [7, 11) is 0. The highest BCUT2D eigenvalue weighted by molar-refractivity contribution is 5.00. The average Bonchev–Trinajstić information content (AvgIpc) is 2.86. The van der Waals surface area contributed by atoms with Crippen LogP contribution in [0.15, 0.2) is 4.52 Å². The van der Waals surface area contributed by atoms with Gasteiger partial charge < -0.3 is 9.63 Å². The van der Waals surface area contributed by atoms with E-state index in [0.717, 1.165) is 24.6 Å². The van der Waals surface area contributed by atoms with E-state index in [9.17, 15) is 5.11 Å². The van der Waals surface area contributed by atoms with Crippen molar-refractivity contribution in [2.24, 2.45) is 5.92 Å². The summed E-state index contributed by atoms with van der Waals surface area (Å²) >= 11 is 0. The third-order valence-electron chi connectivity index (χ3n) is 3.30. The summed E-state index contributed by atoms with van der Waals surface area (Å²) in [6.07, 6.45) is 4.15. The van der Waals surface area contributed by atoms with Gasteiger partial charge in [0, 0.05) is 5.92 Å². The minimum atomic E-state index is -0.658. The van der Waals surface area contributed by atoms with E-state index in [-0.39, 0.29) is 0 Å². The molecule has 1 heterocycles. The monoisotopic (exact) mass is 210 g/mol. The minimum absolute atomic E-state index is 0.338. The lowest BCUT2D eigenvalue weighted by atomic mass is 10.0. The number of aliphatic hydroxyl groups excluding tert-OH is 1. The molecule has 1 aromatic rings. The predicted molar refractivity (Wildman–Crippen MR) is 55.3 cm³/mol. The fourth-order valence-electron chi connectivity index (χ4n) is 2.26. The smallest absolute Gasteiger partial charge is 0.255 e. The molecule has 3 atom stereocenters. The molecular formula is C11H18N2O2. The highest BCUT2D eigenvalue weighted by Gasteiger charge is 2.28. The zero-order valence-electron chi connectivity index (χ0n) is 9.31. The molecule has 84 valence electrons. The molecule has 0 radical (unpaired) electrons. The fourth-order valence-corrected chi connectivity index (χ4v) is 2.26. The van der Waals surface area contributed by atoms with Crippen LogP contribution in [0, 0.1) is 5.92 Å². The highest BCUT2D eigenvalue weighted by atomic mass is 16.5. The van der Waals surface area contributed by atoms with Gasteiger partial charge in [-0.05, 0) is 32.1 Å². The highest BCUT2D eigenvalue weighted by Crippen LogP contribution is 2.38. The molecule has 1 saturated carbocycles. The molecule has 0 amide bonds. The van der Waals surface area contributed by atoms with Crippen molar-refractivity contribution >= 4 is 0 Å². The van der Waals surface area contributed by atoms with E-state index in [4.69, 9.17) is 4.52 Å². The maximum atomic E-state index is 9.28. The molecule has 1 aliphatic rings. The second kappa shape index (κ2) is 4.31. The quantitative estimate of drug-likeness (QED) is 0.832. The summed E-state index contributed by atoms with van der Waals surface area (Å²) in [5, 5.41) is 13.2. The lowest BCUT2D eigenvalue weighted by Gasteiger charge is -2.04. The van der Waals surface area contributed by atoms with Gasteiger partial charge in [-0.15, -0.1) is 0 Å². The van der Waals surface area contributed by atoms with Crippen molar-refractivity contribution < 1.29 is 9.63 Å². The van der Waals surface area contributed by atoms with Crippen molar-refractivity contribution in [3.05, 3.63) is 11.7 Å². The Hall–Kier alpha value is -0.900. The number of aromatic nitrogens is 2. The molecule has 15 heavy (non-hydrogen) atoms. The third kappa shape index (κ3) is 2.20. The molecule has 0 aliphatic heterocycles. The molecule has 0 aromatic carbocycles. The van der Waals surface area contributed by atoms with Crippen molar-refractivity contribution in [1.29, 1.82) is 0 Å². The zero-order valence-corrected chi connectivity index (χ0v) is 9.31. The van der Waals surface area contributed by atoms with Crippen molar-refractivity contribution in [3.8, 4) is 0 Å². The number of hydrogen-bond donors (Lipinski definition) is 1. The first-order valence-electron chi connectivity index (χ1n) is 5.72. The van der Waals surface area contributed by atoms with Crippen LogP contribution in [-0.2, 0) is 0 Å². The first-order chi connectivity index (χ1) is 7.20. The van der Waals surface area contributed by atoms with Crippen LogP contribution in [0.25, 0.3) is 0 Å². The van der Waals surface area contributed by atoms with Crippen molar-refractivity contribution in [3.63, 3.8) is 0 Å². The average molecular weight is 210 g/mol. The molecular weight excluding hydrogens is 192 g/mol. The summed E-state index contributed by atoms with van der Waals surface area (Å²) in [4.78, 5) is 4.23. The lowest BCUT2D eigenvalue weighted by molar-refractivity contribution is 0.151. The molecule has 2 rings (SSSR count). The largest absolute Gasteiger partial charge is 0.384 e. The van der Waals surface area contributed by atoms with Gasteiger partial charge in [-0.25, -0.2) is 0 Å². The molecule has 0 spiro atoms. The molecule has 3 unspecified atom stereocenters. The van der Waals surface area contributed by atoms with Crippen molar-refractivity contribution in [1.82, 2.24) is 10.1 Å². The summed E-state index contributed by atoms with van der Waals surface area (Å²) in [5.74, 6) is 2.36. The van der Waals surface area contributed by atoms with Gasteiger partial charge >= 0.3 is 0 Å². The Morgan fingerprint density at radius 2 is 2.33 bits per heavy atom. The van der Waals surface area contributed by atoms with E-state index in [1.54, 1.807) is 6.92 Å². The Labute approximate surface area is 89.7 Å². The molecule has 4 nitrogen and oxygen atoms in total. The predicted octanol–water partition coefficient (Wildman–Crippen LogP) is 2.42. The standard InChI is InChI=1S/C11H18N2O2/c1-3-8-4-5-9(6-8)10-12-11(7(2)14)15-13-10/h7-9,14H,3-6H2,1-2H3. The van der Waals surface area contributed by atoms with E-state index < -0.39 is 6.10 Å². The second-order valence-electron chi connectivity index (χ2n) is 4.45. The van der Waals surface area contributed by atoms with Gasteiger partial charge in [-0.1, -0.05) is 18.5 Å². The normalized spacial score (nSPS) is 28.2. The van der Waals surface area contributed by atoms with Crippen LogP contribution in [-0.4, -0.2) is 15.2 Å². The van der Waals surface area contributed by atoms with Gasteiger partial charge in [0.2, 0.25) is 0 Å². The number of aliphatic hydroxyl groups is 1. The fraction of sp³-hybridized carbons (Fsp3) is 0.818. The maximum absolute atomic E-state index is 9.28. The molecule has 1 N–H and O–H groups in total. The molecule has 0 saturated heterocycles. The van der Waals surface area contributed by atoms with Crippen LogP contribution in [0.4, 0.5) is 0 Å². The first-order valence-corrected chi connectivity index (χ1v) is 5.72. The number of nitrogens with zero attached hydrogens (tertiary/aromatic N) is 2. The van der Waals surface area contributed by atoms with E-state index in [0.29, 0.717) is 11.8 Å². The zero-order chi connectivity index (χ0) is 10.8. The van der Waals surface area contributed by atoms with E-state index in [1.807, 2.05) is 0 Å². The molecule has 4 heteroatoms. The Kier molecular flexibility index (Phi) is 3.05. The van der Waals surface area contributed by atoms with Crippen LogP contribution in [0.3, 0.4) is 0 Å². The van der Waals surface area contributed by atoms with Gasteiger partial charge in [0.25, 0.3) is 5.89 Å². The second-order valence-corrected chi connectivity index (χ2v) is 4.45. The molecule has 1 fully saturated rings. The van der Waals surface area contributed by atoms with Crippen LogP contribution >= 0.6 is 0 Å². The molecule has 0 bridgehead atoms. The Morgan fingerprint density at radius 3 is 2.87 bits per heavy atom. The van der Waals surface area contributed by atoms with Crippen molar-refractivity contribution in [2.45, 2.75) is 51.6 Å². The van der Waals surface area contributed by atoms with Crippen molar-refractivity contribution in [2.75, 3.05) is 0 Å². The maximum Gasteiger partial charge on any atom is 0.255 e. The summed E-state index contributed by atoms with van der Waals surface area (Å²) < 4.78 is 5.00. The first kappa shape index (κ1) is 10.6. The van der Waals surface area contributed by atoms with Gasteiger partial charge in [0.15, 0.2) is 5.82 Å². The lowest BCUT2D eigenvalue weighted by Crippen LogP contribution is -1.98. The minimum Gasteiger partial charge on any atom is -0.384 e. The number of hydrogen-bond acceptors (Lipinski definition) is 4. The summed E-state index contributed by atoms with van der Waals surface area (Å²) in [5.41, 5.74) is 0. The number of rotatable bonds is 3. The topological polar surface area (TPSA) is 59.2 Å². The van der Waals surface area contributed by atoms with Crippen LogP contribution in [0.1, 0.15) is 63.3 Å². The SMILES string of the molecule is CCC1CCC(c2noc(C(C)O)n2)C1. The Morgan fingerprint density at radius 1 is 1.53 bits per heavy atom. The van der Waals surface area contributed by atoms with Gasteiger partial charge in [0.05, 0.1) is 0 Å². The van der Waals surface area contributed by atoms with Crippen LogP contribution < -0.4 is 0 Å². The van der Waals surface area contributed by atoms with Gasteiger partial charge in [-0.3, -0.25) is 0 Å². The third-order valence-corrected chi connectivity index (χ3v) is 3.30. The van der Waals surface area contributed by atoms with Crippen LogP contribution in [0.2, 0.25) is 0 Å². The van der Waals surface area contributed by atoms with Gasteiger partial charge in [-0.2, -0.15) is 4.98 Å². The van der Waals surface area contributed by atoms with E-state index >= 15 is 0 Å². The Bertz CT molecular complexity index is 322. The van der Waals surface area contributed by atoms with Crippen LogP contribution in [0.5, 0.6) is 0 Å². The van der Waals surface area contributed by atoms with E-state index in [1.165, 1.54) is 12.8 Å². The van der Waals surface area contributed by atoms with Gasteiger partial charge in [0.1, 0.15) is 6.10 Å². The molecule has 1 aromatic heterocycles.